The standard InChI is InChI=1S/C25H26N2O6/c1-30-25(29)19-5-7-21(8-6-19)32-17-22-9-10-23(33-22)24(28)26-20-4-2-3-18(15-20)16-27-11-13-31-14-12-27/h2-10,15H,11-14,16-17H2,1H3,(H,26,28). The summed E-state index contributed by atoms with van der Waals surface area (Å²) in [5.41, 5.74) is 2.28. The number of carbonyl (C=O) groups excluding carboxylic acids is 2. The number of morpholine rings is 1. The van der Waals surface area contributed by atoms with Gasteiger partial charge in [0.15, 0.2) is 5.76 Å². The molecule has 3 aromatic rings. The minimum absolute atomic E-state index is 0.153. The second-order valence-corrected chi connectivity index (χ2v) is 7.61. The third kappa shape index (κ3) is 6.21. The third-order valence-electron chi connectivity index (χ3n) is 5.24. The van der Waals surface area contributed by atoms with E-state index in [0.717, 1.165) is 38.4 Å². The average Bonchev–Trinajstić information content (AvgIpc) is 3.33. The highest BCUT2D eigenvalue weighted by atomic mass is 16.5. The second-order valence-electron chi connectivity index (χ2n) is 7.61. The molecular formula is C25H26N2O6. The Morgan fingerprint density at radius 2 is 1.82 bits per heavy atom. The topological polar surface area (TPSA) is 90.2 Å². The quantitative estimate of drug-likeness (QED) is 0.523. The van der Waals surface area contributed by atoms with Crippen LogP contribution in [0.1, 0.15) is 32.2 Å². The molecule has 0 spiro atoms. The van der Waals surface area contributed by atoms with Gasteiger partial charge in [-0.3, -0.25) is 9.69 Å². The number of ether oxygens (including phenoxy) is 3. The van der Waals surface area contributed by atoms with Crippen molar-refractivity contribution in [1.82, 2.24) is 4.90 Å². The zero-order valence-electron chi connectivity index (χ0n) is 18.4. The summed E-state index contributed by atoms with van der Waals surface area (Å²) < 4.78 is 21.4. The minimum Gasteiger partial charge on any atom is -0.486 e. The van der Waals surface area contributed by atoms with Gasteiger partial charge in [-0.1, -0.05) is 12.1 Å². The molecule has 1 aliphatic rings. The van der Waals surface area contributed by atoms with E-state index in [4.69, 9.17) is 13.9 Å². The second kappa shape index (κ2) is 10.8. The maximum atomic E-state index is 12.6. The highest BCUT2D eigenvalue weighted by Gasteiger charge is 2.14. The Hall–Kier alpha value is -3.62. The summed E-state index contributed by atoms with van der Waals surface area (Å²) >= 11 is 0. The maximum Gasteiger partial charge on any atom is 0.337 e. The van der Waals surface area contributed by atoms with E-state index in [2.05, 4.69) is 15.0 Å². The zero-order valence-corrected chi connectivity index (χ0v) is 18.4. The summed E-state index contributed by atoms with van der Waals surface area (Å²) in [7, 11) is 1.33. The molecule has 0 saturated carbocycles. The van der Waals surface area contributed by atoms with Crippen LogP contribution in [0.15, 0.2) is 65.1 Å². The van der Waals surface area contributed by atoms with Crippen molar-refractivity contribution < 1.29 is 28.2 Å². The number of carbonyl (C=O) groups is 2. The van der Waals surface area contributed by atoms with Gasteiger partial charge < -0.3 is 23.9 Å². The maximum absolute atomic E-state index is 12.6. The van der Waals surface area contributed by atoms with Crippen molar-refractivity contribution in [3.8, 4) is 5.75 Å². The van der Waals surface area contributed by atoms with Crippen molar-refractivity contribution in [1.29, 1.82) is 0 Å². The van der Waals surface area contributed by atoms with Gasteiger partial charge >= 0.3 is 5.97 Å². The van der Waals surface area contributed by atoms with Gasteiger partial charge in [0.25, 0.3) is 5.91 Å². The number of furan rings is 1. The molecule has 8 nitrogen and oxygen atoms in total. The molecule has 33 heavy (non-hydrogen) atoms. The summed E-state index contributed by atoms with van der Waals surface area (Å²) in [6.45, 7) is 4.28. The number of nitrogens with zero attached hydrogens (tertiary/aromatic N) is 1. The molecular weight excluding hydrogens is 424 g/mol. The van der Waals surface area contributed by atoms with Crippen molar-refractivity contribution in [2.75, 3.05) is 38.7 Å². The van der Waals surface area contributed by atoms with Gasteiger partial charge in [0.05, 0.1) is 25.9 Å². The summed E-state index contributed by atoms with van der Waals surface area (Å²) in [5.74, 6) is 0.552. The number of anilines is 1. The first-order valence-electron chi connectivity index (χ1n) is 10.7. The van der Waals surface area contributed by atoms with Gasteiger partial charge in [-0.2, -0.15) is 0 Å². The number of nitrogens with one attached hydrogen (secondary N) is 1. The molecule has 2 heterocycles. The van der Waals surface area contributed by atoms with Crippen LogP contribution in [0.25, 0.3) is 0 Å². The lowest BCUT2D eigenvalue weighted by atomic mass is 10.2. The van der Waals surface area contributed by atoms with Gasteiger partial charge in [0.1, 0.15) is 18.1 Å². The summed E-state index contributed by atoms with van der Waals surface area (Å²) in [4.78, 5) is 26.4. The highest BCUT2D eigenvalue weighted by Crippen LogP contribution is 2.18. The van der Waals surface area contributed by atoms with Crippen LogP contribution in [-0.4, -0.2) is 50.2 Å². The Kier molecular flexibility index (Phi) is 7.39. The van der Waals surface area contributed by atoms with Crippen molar-refractivity contribution in [2.45, 2.75) is 13.2 Å². The van der Waals surface area contributed by atoms with Gasteiger partial charge in [-0.25, -0.2) is 4.79 Å². The summed E-state index contributed by atoms with van der Waals surface area (Å²) in [6.07, 6.45) is 0. The number of amides is 1. The van der Waals surface area contributed by atoms with E-state index in [9.17, 15) is 9.59 Å². The average molecular weight is 450 g/mol. The molecule has 172 valence electrons. The number of methoxy groups -OCH3 is 1. The number of rotatable bonds is 8. The van der Waals surface area contributed by atoms with E-state index < -0.39 is 5.97 Å². The van der Waals surface area contributed by atoms with E-state index in [-0.39, 0.29) is 18.3 Å². The van der Waals surface area contributed by atoms with Crippen molar-refractivity contribution >= 4 is 17.6 Å². The molecule has 1 aromatic heterocycles. The first kappa shape index (κ1) is 22.6. The molecule has 0 bridgehead atoms. The lowest BCUT2D eigenvalue weighted by Crippen LogP contribution is -2.35. The Balaban J connectivity index is 1.30. The molecule has 0 radical (unpaired) electrons. The van der Waals surface area contributed by atoms with Crippen LogP contribution >= 0.6 is 0 Å². The van der Waals surface area contributed by atoms with E-state index in [1.807, 2.05) is 24.3 Å². The lowest BCUT2D eigenvalue weighted by molar-refractivity contribution is 0.0342. The molecule has 0 atom stereocenters. The Morgan fingerprint density at radius 3 is 2.58 bits per heavy atom. The predicted molar refractivity (Wildman–Crippen MR) is 121 cm³/mol. The summed E-state index contributed by atoms with van der Waals surface area (Å²) in [6, 6.07) is 17.7. The highest BCUT2D eigenvalue weighted by molar-refractivity contribution is 6.02. The van der Waals surface area contributed by atoms with Crippen molar-refractivity contribution in [2.24, 2.45) is 0 Å². The van der Waals surface area contributed by atoms with Crippen molar-refractivity contribution in [3.63, 3.8) is 0 Å². The Bertz CT molecular complexity index is 1090. The Morgan fingerprint density at radius 1 is 1.03 bits per heavy atom. The predicted octanol–water partition coefficient (Wildman–Crippen LogP) is 3.73. The molecule has 1 aliphatic heterocycles. The SMILES string of the molecule is COC(=O)c1ccc(OCc2ccc(C(=O)Nc3cccc(CN4CCOCC4)c3)o2)cc1. The molecule has 2 aromatic carbocycles. The molecule has 4 rings (SSSR count). The van der Waals surface area contributed by atoms with Crippen LogP contribution < -0.4 is 10.1 Å². The van der Waals surface area contributed by atoms with Gasteiger partial charge in [-0.15, -0.1) is 0 Å². The molecule has 1 amide bonds. The molecule has 8 heteroatoms. The molecule has 1 N–H and O–H groups in total. The molecule has 0 unspecified atom stereocenters. The van der Waals surface area contributed by atoms with E-state index >= 15 is 0 Å². The molecule has 1 saturated heterocycles. The van der Waals surface area contributed by atoms with Gasteiger partial charge in [0, 0.05) is 25.3 Å². The van der Waals surface area contributed by atoms with Crippen LogP contribution in [0.5, 0.6) is 5.75 Å². The van der Waals surface area contributed by atoms with Gasteiger partial charge in [0.2, 0.25) is 0 Å². The van der Waals surface area contributed by atoms with Crippen LogP contribution in [0, 0.1) is 0 Å². The third-order valence-corrected chi connectivity index (χ3v) is 5.24. The van der Waals surface area contributed by atoms with Crippen LogP contribution in [-0.2, 0) is 22.6 Å². The first-order chi connectivity index (χ1) is 16.1. The monoisotopic (exact) mass is 450 g/mol. The fraction of sp³-hybridized carbons (Fsp3) is 0.280. The van der Waals surface area contributed by atoms with Crippen LogP contribution in [0.4, 0.5) is 5.69 Å². The first-order valence-corrected chi connectivity index (χ1v) is 10.7. The normalized spacial score (nSPS) is 14.0. The largest absolute Gasteiger partial charge is 0.486 e. The fourth-order valence-corrected chi connectivity index (χ4v) is 3.49. The van der Waals surface area contributed by atoms with Crippen molar-refractivity contribution in [3.05, 3.63) is 83.3 Å². The lowest BCUT2D eigenvalue weighted by Gasteiger charge is -2.26. The van der Waals surface area contributed by atoms with Gasteiger partial charge in [-0.05, 0) is 54.1 Å². The summed E-state index contributed by atoms with van der Waals surface area (Å²) in [5, 5.41) is 2.88. The minimum atomic E-state index is -0.408. The van der Waals surface area contributed by atoms with E-state index in [1.165, 1.54) is 7.11 Å². The Labute approximate surface area is 192 Å². The smallest absolute Gasteiger partial charge is 0.337 e. The number of hydrogen-bond donors (Lipinski definition) is 1. The molecule has 0 aliphatic carbocycles. The van der Waals surface area contributed by atoms with E-state index in [0.29, 0.717) is 22.8 Å². The van der Waals surface area contributed by atoms with E-state index in [1.54, 1.807) is 36.4 Å². The van der Waals surface area contributed by atoms with Crippen LogP contribution in [0.2, 0.25) is 0 Å². The number of benzene rings is 2. The zero-order chi connectivity index (χ0) is 23.0. The number of hydrogen-bond acceptors (Lipinski definition) is 7. The number of esters is 1. The fourth-order valence-electron chi connectivity index (χ4n) is 3.49. The molecule has 1 fully saturated rings. The van der Waals surface area contributed by atoms with Crippen LogP contribution in [0.3, 0.4) is 0 Å².